The average Bonchev–Trinajstić information content (AvgIpc) is 3.26. The van der Waals surface area contributed by atoms with Crippen molar-refractivity contribution in [3.05, 3.63) is 95.6 Å². The van der Waals surface area contributed by atoms with Crippen LogP contribution in [0.1, 0.15) is 29.5 Å². The summed E-state index contributed by atoms with van der Waals surface area (Å²) < 4.78 is 35.0. The highest BCUT2D eigenvalue weighted by Gasteiger charge is 2.59. The summed E-state index contributed by atoms with van der Waals surface area (Å²) in [4.78, 5) is 34.9. The summed E-state index contributed by atoms with van der Waals surface area (Å²) in [6.07, 6.45) is 1.00. The Kier molecular flexibility index (Phi) is 10.3. The molecule has 3 aliphatic rings. The van der Waals surface area contributed by atoms with E-state index in [4.69, 9.17) is 4.74 Å². The second-order valence-corrected chi connectivity index (χ2v) is 13.2. The predicted molar refractivity (Wildman–Crippen MR) is 174 cm³/mol. The van der Waals surface area contributed by atoms with E-state index >= 15 is 0 Å². The normalized spacial score (nSPS) is 21.3. The van der Waals surface area contributed by atoms with Gasteiger partial charge in [-0.05, 0) is 51.1 Å². The molecule has 6 rings (SSSR count). The first-order valence-corrected chi connectivity index (χ1v) is 15.9. The van der Waals surface area contributed by atoms with Gasteiger partial charge in [0.15, 0.2) is 0 Å². The lowest BCUT2D eigenvalue weighted by atomic mass is 9.86. The lowest BCUT2D eigenvalue weighted by molar-refractivity contribution is -0.132. The molecule has 3 aliphatic heterocycles. The number of carbonyl (C=O) groups is 2. The van der Waals surface area contributed by atoms with Crippen molar-refractivity contribution in [1.29, 1.82) is 0 Å². The molecule has 2 saturated heterocycles. The number of anilines is 1. The quantitative estimate of drug-likeness (QED) is 0.393. The number of sulfonamides is 1. The number of ether oxygens (including phenoxy) is 1. The summed E-state index contributed by atoms with van der Waals surface area (Å²) in [5.74, 6) is -0.834. The first-order chi connectivity index (χ1) is 20.2. The van der Waals surface area contributed by atoms with Crippen LogP contribution < -0.4 is 4.31 Å². The van der Waals surface area contributed by atoms with Crippen LogP contribution in [0.2, 0.25) is 0 Å². The second-order valence-electron chi connectivity index (χ2n) is 11.4. The van der Waals surface area contributed by atoms with Crippen LogP contribution >= 0.6 is 24.8 Å². The van der Waals surface area contributed by atoms with Gasteiger partial charge in [0.2, 0.25) is 5.60 Å². The van der Waals surface area contributed by atoms with Crippen molar-refractivity contribution in [2.45, 2.75) is 36.3 Å². The van der Waals surface area contributed by atoms with Crippen molar-refractivity contribution in [2.24, 2.45) is 0 Å². The Balaban J connectivity index is 0.00000221. The standard InChI is InChI=1S/C32H36N4O5S.2ClH/c1-24-13-14-29-28(23-24)32(25-9-5-3-6-10-25,30(37)36(29)42(39,40)27-11-7-4-8-12-27)41-31(38)35-17-15-26(16-18-35)34-21-19-33(2)20-22-34;;/h3-14,23,26H,15-22H2,1-2H3;2*1H. The zero-order valence-electron chi connectivity index (χ0n) is 24.8. The smallest absolute Gasteiger partial charge is 0.411 e. The molecule has 3 aromatic rings. The van der Waals surface area contributed by atoms with Crippen molar-refractivity contribution in [1.82, 2.24) is 14.7 Å². The molecule has 1 unspecified atom stereocenters. The zero-order valence-corrected chi connectivity index (χ0v) is 27.2. The summed E-state index contributed by atoms with van der Waals surface area (Å²) >= 11 is 0. The van der Waals surface area contributed by atoms with E-state index in [-0.39, 0.29) is 35.4 Å². The fourth-order valence-corrected chi connectivity index (χ4v) is 7.80. The number of hydrogen-bond acceptors (Lipinski definition) is 7. The minimum absolute atomic E-state index is 0. The second kappa shape index (κ2) is 13.5. The van der Waals surface area contributed by atoms with Gasteiger partial charge in [0.05, 0.1) is 10.6 Å². The molecule has 236 valence electrons. The molecule has 44 heavy (non-hydrogen) atoms. The lowest BCUT2D eigenvalue weighted by Crippen LogP contribution is -2.54. The van der Waals surface area contributed by atoms with Crippen molar-refractivity contribution in [3.8, 4) is 0 Å². The average molecular weight is 662 g/mol. The molecular formula is C32H38Cl2N4O5S. The Labute approximate surface area is 271 Å². The van der Waals surface area contributed by atoms with E-state index in [1.807, 2.05) is 6.92 Å². The number of hydrogen-bond donors (Lipinski definition) is 0. The Morgan fingerprint density at radius 3 is 2.05 bits per heavy atom. The van der Waals surface area contributed by atoms with Crippen LogP contribution in [-0.2, 0) is 25.2 Å². The highest BCUT2D eigenvalue weighted by Crippen LogP contribution is 2.49. The molecule has 1 atom stereocenters. The molecule has 12 heteroatoms. The van der Waals surface area contributed by atoms with Crippen LogP contribution in [0.5, 0.6) is 0 Å². The predicted octanol–water partition coefficient (Wildman–Crippen LogP) is 4.67. The Morgan fingerprint density at radius 2 is 1.43 bits per heavy atom. The van der Waals surface area contributed by atoms with Crippen molar-refractivity contribution < 1.29 is 22.7 Å². The third-order valence-electron chi connectivity index (χ3n) is 8.71. The molecule has 0 aliphatic carbocycles. The van der Waals surface area contributed by atoms with Crippen LogP contribution in [0.3, 0.4) is 0 Å². The number of halogens is 2. The van der Waals surface area contributed by atoms with Gasteiger partial charge in [-0.1, -0.05) is 60.2 Å². The number of benzene rings is 3. The fourth-order valence-electron chi connectivity index (χ4n) is 6.32. The van der Waals surface area contributed by atoms with E-state index in [2.05, 4.69) is 16.8 Å². The van der Waals surface area contributed by atoms with Crippen LogP contribution in [0.4, 0.5) is 10.5 Å². The summed E-state index contributed by atoms with van der Waals surface area (Å²) in [5.41, 5.74) is -0.243. The van der Waals surface area contributed by atoms with Gasteiger partial charge in [-0.3, -0.25) is 9.69 Å². The first-order valence-electron chi connectivity index (χ1n) is 14.4. The largest absolute Gasteiger partial charge is 0.422 e. The van der Waals surface area contributed by atoms with Gasteiger partial charge in [-0.2, -0.15) is 4.31 Å². The number of carbonyl (C=O) groups excluding carboxylic acids is 2. The lowest BCUT2D eigenvalue weighted by Gasteiger charge is -2.42. The molecule has 9 nitrogen and oxygen atoms in total. The zero-order chi connectivity index (χ0) is 29.5. The third-order valence-corrected chi connectivity index (χ3v) is 10.4. The van der Waals surface area contributed by atoms with Gasteiger partial charge in [-0.25, -0.2) is 13.2 Å². The van der Waals surface area contributed by atoms with Gasteiger partial charge in [-0.15, -0.1) is 24.8 Å². The van der Waals surface area contributed by atoms with Crippen LogP contribution in [0.15, 0.2) is 83.8 Å². The van der Waals surface area contributed by atoms with E-state index in [9.17, 15) is 18.0 Å². The fraction of sp³-hybridized carbons (Fsp3) is 0.375. The number of nitrogens with zero attached hydrogens (tertiary/aromatic N) is 4. The molecule has 0 aromatic heterocycles. The third kappa shape index (κ3) is 5.93. The van der Waals surface area contributed by atoms with Crippen molar-refractivity contribution in [3.63, 3.8) is 0 Å². The molecule has 0 bridgehead atoms. The van der Waals surface area contributed by atoms with Crippen LogP contribution in [-0.4, -0.2) is 87.5 Å². The minimum atomic E-state index is -4.31. The van der Waals surface area contributed by atoms with Gasteiger partial charge in [0, 0.05) is 56.4 Å². The van der Waals surface area contributed by atoms with E-state index in [1.54, 1.807) is 71.6 Å². The van der Waals surface area contributed by atoms with Gasteiger partial charge in [0.1, 0.15) is 0 Å². The van der Waals surface area contributed by atoms with Crippen molar-refractivity contribution >= 4 is 52.5 Å². The number of piperidine rings is 1. The highest BCUT2D eigenvalue weighted by molar-refractivity contribution is 7.93. The molecular weight excluding hydrogens is 623 g/mol. The van der Waals surface area contributed by atoms with E-state index in [0.29, 0.717) is 30.3 Å². The molecule has 0 N–H and O–H groups in total. The summed E-state index contributed by atoms with van der Waals surface area (Å²) in [6.45, 7) is 6.96. The molecule has 0 spiro atoms. The number of likely N-dealkylation sites (N-methyl/N-ethyl adjacent to an activating group) is 1. The molecule has 2 fully saturated rings. The van der Waals surface area contributed by atoms with E-state index in [1.165, 1.54) is 12.1 Å². The van der Waals surface area contributed by atoms with Crippen LogP contribution in [0, 0.1) is 6.92 Å². The highest BCUT2D eigenvalue weighted by atomic mass is 35.5. The number of fused-ring (bicyclic) bond motifs is 1. The number of rotatable bonds is 5. The van der Waals surface area contributed by atoms with E-state index in [0.717, 1.165) is 48.9 Å². The van der Waals surface area contributed by atoms with Crippen LogP contribution in [0.25, 0.3) is 0 Å². The Hall–Kier alpha value is -3.15. The SMILES string of the molecule is Cc1ccc2c(c1)C(OC(=O)N1CCC(N3CCN(C)CC3)CC1)(c1ccccc1)C(=O)N2S(=O)(=O)c1ccccc1.Cl.Cl. The maximum atomic E-state index is 14.6. The topological polar surface area (TPSA) is 90.5 Å². The van der Waals surface area contributed by atoms with Gasteiger partial charge < -0.3 is 14.5 Å². The number of amides is 2. The maximum absolute atomic E-state index is 14.6. The van der Waals surface area contributed by atoms with E-state index < -0.39 is 27.6 Å². The number of likely N-dealkylation sites (tertiary alicyclic amines) is 1. The summed E-state index contributed by atoms with van der Waals surface area (Å²) in [5, 5.41) is 0. The maximum Gasteiger partial charge on any atom is 0.411 e. The minimum Gasteiger partial charge on any atom is -0.422 e. The molecule has 2 amide bonds. The number of aryl methyl sites for hydroxylation is 1. The molecule has 3 aromatic carbocycles. The summed E-state index contributed by atoms with van der Waals surface area (Å²) in [7, 11) is -2.17. The Bertz CT molecular complexity index is 1580. The molecule has 3 heterocycles. The Morgan fingerprint density at radius 1 is 0.841 bits per heavy atom. The van der Waals surface area contributed by atoms with Gasteiger partial charge >= 0.3 is 6.09 Å². The monoisotopic (exact) mass is 660 g/mol. The number of piperazine rings is 1. The van der Waals surface area contributed by atoms with Gasteiger partial charge in [0.25, 0.3) is 15.9 Å². The van der Waals surface area contributed by atoms with Crippen molar-refractivity contribution in [2.75, 3.05) is 50.6 Å². The summed E-state index contributed by atoms with van der Waals surface area (Å²) in [6, 6.07) is 22.1. The molecule has 0 radical (unpaired) electrons. The molecule has 0 saturated carbocycles. The first kappa shape index (κ1) is 33.7.